The van der Waals surface area contributed by atoms with Crippen LogP contribution in [0.2, 0.25) is 0 Å². The van der Waals surface area contributed by atoms with Gasteiger partial charge in [0.2, 0.25) is 5.91 Å². The molecule has 1 aliphatic heterocycles. The van der Waals surface area contributed by atoms with Crippen LogP contribution in [0, 0.1) is 0 Å². The van der Waals surface area contributed by atoms with E-state index in [-0.39, 0.29) is 24.4 Å². The van der Waals surface area contributed by atoms with Crippen molar-refractivity contribution in [2.45, 2.75) is 32.0 Å². The van der Waals surface area contributed by atoms with Crippen molar-refractivity contribution < 1.29 is 41.8 Å². The topological polar surface area (TPSA) is 94.2 Å². The summed E-state index contributed by atoms with van der Waals surface area (Å²) < 4.78 is 54.7. The Morgan fingerprint density at radius 1 is 1.12 bits per heavy atom. The second kappa shape index (κ2) is 10.4. The number of rotatable bonds is 8. The van der Waals surface area contributed by atoms with Gasteiger partial charge in [-0.25, -0.2) is 0 Å². The minimum Gasteiger partial charge on any atom is -0.497 e. The summed E-state index contributed by atoms with van der Waals surface area (Å²) >= 11 is 0. The van der Waals surface area contributed by atoms with E-state index in [9.17, 15) is 27.6 Å². The van der Waals surface area contributed by atoms with Crippen LogP contribution >= 0.6 is 0 Å². The van der Waals surface area contributed by atoms with Crippen LogP contribution in [0.5, 0.6) is 11.5 Å². The molecule has 2 amide bonds. The number of halogens is 3. The number of methoxy groups -OCH3 is 1. The summed E-state index contributed by atoms with van der Waals surface area (Å²) in [6.45, 7) is 1.17. The molecule has 0 bridgehead atoms. The van der Waals surface area contributed by atoms with E-state index in [1.54, 1.807) is 31.4 Å². The Hall–Kier alpha value is -3.76. The van der Waals surface area contributed by atoms with Gasteiger partial charge in [-0.2, -0.15) is 13.2 Å². The number of hydrogen-bond donors (Lipinski definition) is 1. The third-order valence-electron chi connectivity index (χ3n) is 4.97. The number of nitrogens with zero attached hydrogens (tertiary/aromatic N) is 1. The smallest absolute Gasteiger partial charge is 0.416 e. The van der Waals surface area contributed by atoms with Crippen LogP contribution in [0.15, 0.2) is 42.5 Å². The number of ether oxygens (including phenoxy) is 3. The molecule has 1 heterocycles. The van der Waals surface area contributed by atoms with Crippen LogP contribution in [-0.4, -0.2) is 44.1 Å². The number of carbonyl (C=O) groups excluding carboxylic acids is 3. The first kappa shape index (κ1) is 24.9. The maximum Gasteiger partial charge on any atom is 0.416 e. The summed E-state index contributed by atoms with van der Waals surface area (Å²) in [6, 6.07) is 9.59. The van der Waals surface area contributed by atoms with Crippen molar-refractivity contribution in [3.05, 3.63) is 48.0 Å². The minimum absolute atomic E-state index is 0.0141. The fraction of sp³-hybridized carbons (Fsp3) is 0.348. The molecule has 0 radical (unpaired) electrons. The van der Waals surface area contributed by atoms with Crippen LogP contribution in [-0.2, 0) is 25.3 Å². The molecule has 0 saturated carbocycles. The summed E-state index contributed by atoms with van der Waals surface area (Å²) in [5.41, 5.74) is -1.01. The number of alkyl halides is 3. The van der Waals surface area contributed by atoms with E-state index >= 15 is 0 Å². The molecule has 182 valence electrons. The first-order chi connectivity index (χ1) is 16.1. The number of amides is 2. The molecule has 3 rings (SSSR count). The normalized spacial score (nSPS) is 14.0. The lowest BCUT2D eigenvalue weighted by atomic mass is 10.1. The van der Waals surface area contributed by atoms with Crippen molar-refractivity contribution in [1.29, 1.82) is 0 Å². The zero-order valence-electron chi connectivity index (χ0n) is 18.5. The average Bonchev–Trinajstić information content (AvgIpc) is 2.80. The predicted octanol–water partition coefficient (Wildman–Crippen LogP) is 3.79. The Bertz CT molecular complexity index is 1060. The Morgan fingerprint density at radius 3 is 2.44 bits per heavy atom. The van der Waals surface area contributed by atoms with Crippen molar-refractivity contribution >= 4 is 29.2 Å². The van der Waals surface area contributed by atoms with Gasteiger partial charge in [0.1, 0.15) is 18.0 Å². The Morgan fingerprint density at radius 2 is 1.79 bits per heavy atom. The van der Waals surface area contributed by atoms with Gasteiger partial charge in [-0.05, 0) is 55.8 Å². The number of carbonyl (C=O) groups is 3. The highest BCUT2D eigenvalue weighted by atomic mass is 19.4. The monoisotopic (exact) mass is 480 g/mol. The van der Waals surface area contributed by atoms with Gasteiger partial charge < -0.3 is 19.5 Å². The molecule has 0 spiro atoms. The highest BCUT2D eigenvalue weighted by molar-refractivity contribution is 6.11. The molecule has 1 unspecified atom stereocenters. The van der Waals surface area contributed by atoms with Crippen LogP contribution < -0.4 is 19.7 Å². The summed E-state index contributed by atoms with van der Waals surface area (Å²) in [6.07, 6.45) is -5.52. The lowest BCUT2D eigenvalue weighted by Crippen LogP contribution is -2.47. The summed E-state index contributed by atoms with van der Waals surface area (Å²) in [5.74, 6) is -0.737. The SMILES string of the molecule is COc1ccc(OCCCC(=O)OC(C)C(=O)N2CC(=O)Nc3cc(C(F)(F)F)ccc32)cc1. The lowest BCUT2D eigenvalue weighted by molar-refractivity contribution is -0.154. The van der Waals surface area contributed by atoms with E-state index < -0.39 is 42.2 Å². The van der Waals surface area contributed by atoms with E-state index in [0.29, 0.717) is 17.9 Å². The minimum atomic E-state index is -4.61. The maximum absolute atomic E-state index is 13.0. The first-order valence-corrected chi connectivity index (χ1v) is 10.4. The number of hydrogen-bond acceptors (Lipinski definition) is 6. The quantitative estimate of drug-likeness (QED) is 0.457. The Kier molecular flexibility index (Phi) is 7.64. The fourth-order valence-corrected chi connectivity index (χ4v) is 3.27. The second-order valence-corrected chi connectivity index (χ2v) is 7.46. The van der Waals surface area contributed by atoms with Crippen LogP contribution in [0.3, 0.4) is 0 Å². The van der Waals surface area contributed by atoms with Crippen molar-refractivity contribution in [1.82, 2.24) is 0 Å². The van der Waals surface area contributed by atoms with E-state index in [1.807, 2.05) is 0 Å². The number of fused-ring (bicyclic) bond motifs is 1. The molecule has 34 heavy (non-hydrogen) atoms. The molecule has 1 aliphatic rings. The third-order valence-corrected chi connectivity index (χ3v) is 4.97. The summed E-state index contributed by atoms with van der Waals surface area (Å²) in [4.78, 5) is 37.9. The van der Waals surface area contributed by atoms with Gasteiger partial charge in [-0.1, -0.05) is 0 Å². The molecule has 0 fully saturated rings. The molecule has 11 heteroatoms. The second-order valence-electron chi connectivity index (χ2n) is 7.46. The van der Waals surface area contributed by atoms with E-state index in [1.165, 1.54) is 6.92 Å². The highest BCUT2D eigenvalue weighted by Gasteiger charge is 2.35. The largest absolute Gasteiger partial charge is 0.497 e. The molecule has 0 aromatic heterocycles. The third kappa shape index (κ3) is 6.18. The number of anilines is 2. The molecule has 1 atom stereocenters. The fourth-order valence-electron chi connectivity index (χ4n) is 3.27. The molecule has 0 saturated heterocycles. The summed E-state index contributed by atoms with van der Waals surface area (Å²) in [5, 5.41) is 2.33. The van der Waals surface area contributed by atoms with Gasteiger partial charge >= 0.3 is 12.1 Å². The van der Waals surface area contributed by atoms with Crippen LogP contribution in [0.4, 0.5) is 24.5 Å². The van der Waals surface area contributed by atoms with Crippen molar-refractivity contribution in [3.63, 3.8) is 0 Å². The van der Waals surface area contributed by atoms with Gasteiger partial charge in [-0.3, -0.25) is 19.3 Å². The van der Waals surface area contributed by atoms with Gasteiger partial charge in [0, 0.05) is 6.42 Å². The van der Waals surface area contributed by atoms with Gasteiger partial charge in [0.25, 0.3) is 5.91 Å². The number of esters is 1. The van der Waals surface area contributed by atoms with Gasteiger partial charge in [-0.15, -0.1) is 0 Å². The van der Waals surface area contributed by atoms with Gasteiger partial charge in [0.05, 0.1) is 30.7 Å². The van der Waals surface area contributed by atoms with Crippen LogP contribution in [0.1, 0.15) is 25.3 Å². The van der Waals surface area contributed by atoms with Crippen molar-refractivity contribution in [3.8, 4) is 11.5 Å². The number of benzene rings is 2. The summed E-state index contributed by atoms with van der Waals surface area (Å²) in [7, 11) is 1.55. The van der Waals surface area contributed by atoms with Crippen molar-refractivity contribution in [2.24, 2.45) is 0 Å². The molecule has 2 aromatic rings. The van der Waals surface area contributed by atoms with E-state index in [4.69, 9.17) is 14.2 Å². The average molecular weight is 480 g/mol. The zero-order chi connectivity index (χ0) is 24.9. The van der Waals surface area contributed by atoms with E-state index in [0.717, 1.165) is 23.1 Å². The highest BCUT2D eigenvalue weighted by Crippen LogP contribution is 2.37. The molecular weight excluding hydrogens is 457 g/mol. The standard InChI is InChI=1S/C23H23F3N2O6/c1-14(34-21(30)4-3-11-33-17-8-6-16(32-2)7-9-17)22(31)28-13-20(29)27-18-12-15(23(24,25)26)5-10-19(18)28/h5-10,12,14H,3-4,11,13H2,1-2H3,(H,27,29). The Labute approximate surface area is 193 Å². The Balaban J connectivity index is 1.53. The molecule has 8 nitrogen and oxygen atoms in total. The number of nitrogens with one attached hydrogen (secondary N) is 1. The van der Waals surface area contributed by atoms with Crippen molar-refractivity contribution in [2.75, 3.05) is 30.5 Å². The lowest BCUT2D eigenvalue weighted by Gasteiger charge is -2.31. The molecular formula is C23H23F3N2O6. The van der Waals surface area contributed by atoms with Gasteiger partial charge in [0.15, 0.2) is 6.10 Å². The zero-order valence-corrected chi connectivity index (χ0v) is 18.5. The maximum atomic E-state index is 13.0. The molecule has 2 aromatic carbocycles. The predicted molar refractivity (Wildman–Crippen MR) is 116 cm³/mol. The molecule has 0 aliphatic carbocycles. The van der Waals surface area contributed by atoms with E-state index in [2.05, 4.69) is 5.32 Å². The first-order valence-electron chi connectivity index (χ1n) is 10.4. The van der Waals surface area contributed by atoms with Crippen LogP contribution in [0.25, 0.3) is 0 Å². The molecule has 1 N–H and O–H groups in total.